The summed E-state index contributed by atoms with van der Waals surface area (Å²) in [5.74, 6) is -0.402. The van der Waals surface area contributed by atoms with Crippen molar-refractivity contribution in [2.75, 3.05) is 26.7 Å². The predicted octanol–water partition coefficient (Wildman–Crippen LogP) is 2.90. The van der Waals surface area contributed by atoms with Gasteiger partial charge in [-0.2, -0.15) is 0 Å². The van der Waals surface area contributed by atoms with Gasteiger partial charge < -0.3 is 15.3 Å². The third kappa shape index (κ3) is 5.22. The third-order valence-corrected chi connectivity index (χ3v) is 6.05. The van der Waals surface area contributed by atoms with Crippen molar-refractivity contribution in [1.82, 2.24) is 15.1 Å². The Kier molecular flexibility index (Phi) is 6.72. The number of hydrogen-bond acceptors (Lipinski definition) is 3. The molecule has 0 spiro atoms. The fraction of sp³-hybridized carbons (Fsp3) is 0.619. The number of carboxylic acid groups (broad SMARTS) is 1. The van der Waals surface area contributed by atoms with Crippen molar-refractivity contribution in [3.05, 3.63) is 35.9 Å². The van der Waals surface area contributed by atoms with Crippen molar-refractivity contribution >= 4 is 12.0 Å². The van der Waals surface area contributed by atoms with Gasteiger partial charge in [0.1, 0.15) is 0 Å². The van der Waals surface area contributed by atoms with Crippen LogP contribution in [0.5, 0.6) is 0 Å². The van der Waals surface area contributed by atoms with E-state index >= 15 is 0 Å². The molecular formula is C21H31N3O3. The molecule has 148 valence electrons. The number of carbonyl (C=O) groups is 2. The number of rotatable bonds is 5. The first kappa shape index (κ1) is 19.7. The van der Waals surface area contributed by atoms with Crippen molar-refractivity contribution in [2.24, 2.45) is 0 Å². The van der Waals surface area contributed by atoms with E-state index in [2.05, 4.69) is 29.6 Å². The molecule has 1 aromatic carbocycles. The second-order valence-corrected chi connectivity index (χ2v) is 7.88. The summed E-state index contributed by atoms with van der Waals surface area (Å²) < 4.78 is 0. The lowest BCUT2D eigenvalue weighted by Crippen LogP contribution is -2.46. The Bertz CT molecular complexity index is 637. The average Bonchev–Trinajstić information content (AvgIpc) is 2.96. The summed E-state index contributed by atoms with van der Waals surface area (Å²) in [7, 11) is 1.86. The zero-order valence-electron chi connectivity index (χ0n) is 16.1. The van der Waals surface area contributed by atoms with Gasteiger partial charge in [0.15, 0.2) is 0 Å². The molecule has 2 fully saturated rings. The Morgan fingerprint density at radius 3 is 2.63 bits per heavy atom. The molecule has 3 atom stereocenters. The quantitative estimate of drug-likeness (QED) is 0.832. The van der Waals surface area contributed by atoms with E-state index in [1.165, 1.54) is 5.56 Å². The van der Waals surface area contributed by atoms with Gasteiger partial charge in [-0.1, -0.05) is 36.8 Å². The van der Waals surface area contributed by atoms with Crippen molar-refractivity contribution in [3.8, 4) is 0 Å². The first-order chi connectivity index (χ1) is 13.0. The minimum Gasteiger partial charge on any atom is -0.480 e. The maximum absolute atomic E-state index is 12.8. The van der Waals surface area contributed by atoms with Crippen molar-refractivity contribution in [2.45, 2.75) is 56.5 Å². The van der Waals surface area contributed by atoms with E-state index < -0.39 is 5.97 Å². The molecular weight excluding hydrogens is 342 g/mol. The van der Waals surface area contributed by atoms with E-state index in [1.807, 2.05) is 22.9 Å². The molecule has 1 heterocycles. The minimum absolute atomic E-state index is 0.0318. The van der Waals surface area contributed by atoms with Crippen molar-refractivity contribution < 1.29 is 14.7 Å². The van der Waals surface area contributed by atoms with Crippen molar-refractivity contribution in [1.29, 1.82) is 0 Å². The number of nitrogens with zero attached hydrogens (tertiary/aromatic N) is 2. The van der Waals surface area contributed by atoms with E-state index in [9.17, 15) is 9.59 Å². The Labute approximate surface area is 161 Å². The van der Waals surface area contributed by atoms with Gasteiger partial charge in [0.25, 0.3) is 0 Å². The van der Waals surface area contributed by atoms with Crippen LogP contribution in [0.3, 0.4) is 0 Å². The lowest BCUT2D eigenvalue weighted by atomic mass is 9.94. The molecule has 6 nitrogen and oxygen atoms in total. The molecule has 6 heteroatoms. The van der Waals surface area contributed by atoms with Crippen LogP contribution in [0.15, 0.2) is 30.3 Å². The Balaban J connectivity index is 1.54. The maximum Gasteiger partial charge on any atom is 0.317 e. The fourth-order valence-corrected chi connectivity index (χ4v) is 4.55. The summed E-state index contributed by atoms with van der Waals surface area (Å²) >= 11 is 0. The molecule has 1 saturated heterocycles. The van der Waals surface area contributed by atoms with E-state index in [-0.39, 0.29) is 24.7 Å². The van der Waals surface area contributed by atoms with Crippen molar-refractivity contribution in [3.63, 3.8) is 0 Å². The molecule has 1 saturated carbocycles. The van der Waals surface area contributed by atoms with Gasteiger partial charge in [0.2, 0.25) is 0 Å². The largest absolute Gasteiger partial charge is 0.480 e. The number of carbonyl (C=O) groups excluding carboxylic acids is 1. The van der Waals surface area contributed by atoms with Crippen LogP contribution in [-0.4, -0.2) is 65.7 Å². The molecule has 1 aromatic rings. The highest BCUT2D eigenvalue weighted by Crippen LogP contribution is 2.34. The van der Waals surface area contributed by atoms with Gasteiger partial charge in [-0.05, 0) is 44.7 Å². The number of aliphatic carboxylic acids is 1. The number of benzene rings is 1. The van der Waals surface area contributed by atoms with Gasteiger partial charge in [-0.25, -0.2) is 4.79 Å². The molecule has 2 N–H and O–H groups in total. The highest BCUT2D eigenvalue weighted by atomic mass is 16.4. The van der Waals surface area contributed by atoms with E-state index in [0.29, 0.717) is 12.5 Å². The molecule has 1 aliphatic carbocycles. The molecule has 27 heavy (non-hydrogen) atoms. The maximum atomic E-state index is 12.8. The van der Waals surface area contributed by atoms with E-state index in [4.69, 9.17) is 5.11 Å². The SMILES string of the molecule is CN(CC(=O)O)C1CCCN(C(=O)NC2CCCC2c2ccccc2)CC1. The average molecular weight is 373 g/mol. The summed E-state index contributed by atoms with van der Waals surface area (Å²) in [5.41, 5.74) is 1.31. The van der Waals surface area contributed by atoms with E-state index in [0.717, 1.165) is 45.1 Å². The Morgan fingerprint density at radius 2 is 1.89 bits per heavy atom. The lowest BCUT2D eigenvalue weighted by molar-refractivity contribution is -0.138. The number of likely N-dealkylation sites (tertiary alicyclic amines) is 1. The van der Waals surface area contributed by atoms with E-state index in [1.54, 1.807) is 0 Å². The van der Waals surface area contributed by atoms with Crippen LogP contribution in [-0.2, 0) is 4.79 Å². The molecule has 0 aromatic heterocycles. The second-order valence-electron chi connectivity index (χ2n) is 7.88. The molecule has 2 amide bonds. The number of carboxylic acids is 1. The van der Waals surface area contributed by atoms with Crippen LogP contribution in [0.25, 0.3) is 0 Å². The normalized spacial score (nSPS) is 26.0. The van der Waals surface area contributed by atoms with Gasteiger partial charge in [0, 0.05) is 31.1 Å². The highest BCUT2D eigenvalue weighted by Gasteiger charge is 2.31. The van der Waals surface area contributed by atoms with Crippen LogP contribution in [0.1, 0.15) is 50.0 Å². The predicted molar refractivity (Wildman–Crippen MR) is 105 cm³/mol. The molecule has 2 aliphatic rings. The molecule has 0 radical (unpaired) electrons. The number of likely N-dealkylation sites (N-methyl/N-ethyl adjacent to an activating group) is 1. The molecule has 1 aliphatic heterocycles. The van der Waals surface area contributed by atoms with Gasteiger partial charge in [0.05, 0.1) is 6.54 Å². The zero-order valence-corrected chi connectivity index (χ0v) is 16.1. The Hall–Kier alpha value is -2.08. The van der Waals surface area contributed by atoms with Crippen LogP contribution in [0.4, 0.5) is 4.79 Å². The fourth-order valence-electron chi connectivity index (χ4n) is 4.55. The summed E-state index contributed by atoms with van der Waals surface area (Å²) in [4.78, 5) is 27.6. The standard InChI is InChI=1S/C21H31N3O3/c1-23(15-20(25)26)17-9-6-13-24(14-12-17)21(27)22-19-11-5-10-18(19)16-7-3-2-4-8-16/h2-4,7-8,17-19H,5-6,9-15H2,1H3,(H,22,27)(H,25,26). The summed E-state index contributed by atoms with van der Waals surface area (Å²) in [5, 5.41) is 12.3. The zero-order chi connectivity index (χ0) is 19.2. The van der Waals surface area contributed by atoms with Crippen LogP contribution >= 0.6 is 0 Å². The number of hydrogen-bond donors (Lipinski definition) is 2. The molecule has 3 unspecified atom stereocenters. The van der Waals surface area contributed by atoms with Crippen LogP contribution < -0.4 is 5.32 Å². The first-order valence-electron chi connectivity index (χ1n) is 10.1. The summed E-state index contributed by atoms with van der Waals surface area (Å²) in [6, 6.07) is 10.9. The van der Waals surface area contributed by atoms with Crippen LogP contribution in [0, 0.1) is 0 Å². The topological polar surface area (TPSA) is 72.9 Å². The minimum atomic E-state index is -0.801. The third-order valence-electron chi connectivity index (χ3n) is 6.05. The number of amides is 2. The van der Waals surface area contributed by atoms with Gasteiger partial charge in [-0.15, -0.1) is 0 Å². The summed E-state index contributed by atoms with van der Waals surface area (Å²) in [6.07, 6.45) is 5.97. The number of urea groups is 1. The van der Waals surface area contributed by atoms with Gasteiger partial charge in [-0.3, -0.25) is 9.69 Å². The summed E-state index contributed by atoms with van der Waals surface area (Å²) in [6.45, 7) is 1.48. The Morgan fingerprint density at radius 1 is 1.11 bits per heavy atom. The molecule has 0 bridgehead atoms. The molecule has 3 rings (SSSR count). The monoisotopic (exact) mass is 373 g/mol. The first-order valence-corrected chi connectivity index (χ1v) is 10.1. The number of nitrogens with one attached hydrogen (secondary N) is 1. The highest BCUT2D eigenvalue weighted by molar-refractivity contribution is 5.74. The smallest absolute Gasteiger partial charge is 0.317 e. The van der Waals surface area contributed by atoms with Gasteiger partial charge >= 0.3 is 12.0 Å². The van der Waals surface area contributed by atoms with Crippen LogP contribution in [0.2, 0.25) is 0 Å². The lowest BCUT2D eigenvalue weighted by Gasteiger charge is -2.28. The second kappa shape index (κ2) is 9.22.